The van der Waals surface area contributed by atoms with Crippen molar-refractivity contribution < 1.29 is 12.8 Å². The van der Waals surface area contributed by atoms with Gasteiger partial charge in [-0.1, -0.05) is 0 Å². The van der Waals surface area contributed by atoms with Gasteiger partial charge in [0.25, 0.3) is 0 Å². The molecule has 1 unspecified atom stereocenters. The molecule has 0 radical (unpaired) electrons. The van der Waals surface area contributed by atoms with Gasteiger partial charge in [0.15, 0.2) is 0 Å². The Balaban J connectivity index is 0.00000196. The maximum atomic E-state index is 12.9. The molecule has 0 spiro atoms. The van der Waals surface area contributed by atoms with E-state index in [9.17, 15) is 13.2 Å². The third-order valence-electron chi connectivity index (χ3n) is 5.39. The molecule has 1 atom stereocenters. The number of nitrogens with one attached hydrogen (secondary N) is 1. The molecule has 2 aliphatic heterocycles. The van der Waals surface area contributed by atoms with Gasteiger partial charge < -0.3 is 9.73 Å². The highest BCUT2D eigenvalue weighted by molar-refractivity contribution is 7.89. The Morgan fingerprint density at radius 3 is 2.54 bits per heavy atom. The lowest BCUT2D eigenvalue weighted by Gasteiger charge is -2.34. The summed E-state index contributed by atoms with van der Waals surface area (Å²) >= 11 is 0. The molecule has 2 aromatic rings. The zero-order valence-corrected chi connectivity index (χ0v) is 16.0. The average Bonchev–Trinajstić information content (AvgIpc) is 3.16. The van der Waals surface area contributed by atoms with Crippen LogP contribution < -0.4 is 10.9 Å². The van der Waals surface area contributed by atoms with Crippen molar-refractivity contribution in [2.24, 2.45) is 5.92 Å². The van der Waals surface area contributed by atoms with Gasteiger partial charge in [-0.05, 0) is 62.4 Å². The van der Waals surface area contributed by atoms with Gasteiger partial charge >= 0.3 is 5.63 Å². The molecular weight excluding hydrogens is 376 g/mol. The molecule has 0 aliphatic carbocycles. The lowest BCUT2D eigenvalue weighted by molar-refractivity contribution is 0.234. The van der Waals surface area contributed by atoms with E-state index in [0.29, 0.717) is 36.0 Å². The summed E-state index contributed by atoms with van der Waals surface area (Å²) in [6.45, 7) is 2.20. The third-order valence-corrected chi connectivity index (χ3v) is 7.29. The van der Waals surface area contributed by atoms with Crippen molar-refractivity contribution in [1.82, 2.24) is 9.62 Å². The second kappa shape index (κ2) is 7.68. The van der Waals surface area contributed by atoms with E-state index in [1.54, 1.807) is 22.5 Å². The summed E-state index contributed by atoms with van der Waals surface area (Å²) < 4.78 is 32.5. The van der Waals surface area contributed by atoms with Crippen molar-refractivity contribution in [3.8, 4) is 0 Å². The largest absolute Gasteiger partial charge is 0.423 e. The fourth-order valence-corrected chi connectivity index (χ4v) is 5.50. The molecule has 4 rings (SSSR count). The zero-order valence-electron chi connectivity index (χ0n) is 14.4. The van der Waals surface area contributed by atoms with Gasteiger partial charge in [-0.15, -0.1) is 12.4 Å². The Morgan fingerprint density at radius 1 is 1.08 bits per heavy atom. The predicted molar refractivity (Wildman–Crippen MR) is 102 cm³/mol. The second-order valence-corrected chi connectivity index (χ2v) is 8.84. The van der Waals surface area contributed by atoms with E-state index in [1.165, 1.54) is 25.0 Å². The fourth-order valence-electron chi connectivity index (χ4n) is 3.99. The standard InChI is InChI=1S/C18H22N2O4S.ClH/c21-18-6-3-14-12-15(4-5-17(14)24-18)25(22,23)20-10-7-13(8-11-20)16-2-1-9-19-16;/h3-6,12-13,16,19H,1-2,7-11H2;1H. The Morgan fingerprint density at radius 2 is 1.85 bits per heavy atom. The van der Waals surface area contributed by atoms with Crippen LogP contribution in [0.2, 0.25) is 0 Å². The molecule has 2 fully saturated rings. The smallest absolute Gasteiger partial charge is 0.336 e. The van der Waals surface area contributed by atoms with Gasteiger partial charge in [0.2, 0.25) is 10.0 Å². The van der Waals surface area contributed by atoms with Crippen LogP contribution in [0.3, 0.4) is 0 Å². The fraction of sp³-hybridized carbons (Fsp3) is 0.500. The van der Waals surface area contributed by atoms with Crippen molar-refractivity contribution in [2.75, 3.05) is 19.6 Å². The Hall–Kier alpha value is -1.41. The molecule has 2 aliphatic rings. The number of hydrogen-bond acceptors (Lipinski definition) is 5. The minimum Gasteiger partial charge on any atom is -0.423 e. The molecule has 26 heavy (non-hydrogen) atoms. The molecule has 1 N–H and O–H groups in total. The van der Waals surface area contributed by atoms with Crippen LogP contribution in [0, 0.1) is 5.92 Å². The lowest BCUT2D eigenvalue weighted by atomic mass is 9.89. The third kappa shape index (κ3) is 3.67. The summed E-state index contributed by atoms with van der Waals surface area (Å²) in [5.41, 5.74) is -0.0387. The van der Waals surface area contributed by atoms with Gasteiger partial charge in [-0.2, -0.15) is 4.31 Å². The van der Waals surface area contributed by atoms with E-state index in [0.717, 1.165) is 19.4 Å². The van der Waals surface area contributed by atoms with Crippen LogP contribution >= 0.6 is 12.4 Å². The van der Waals surface area contributed by atoms with Crippen LogP contribution in [0.15, 0.2) is 44.4 Å². The van der Waals surface area contributed by atoms with E-state index in [4.69, 9.17) is 4.42 Å². The summed E-state index contributed by atoms with van der Waals surface area (Å²) in [5, 5.41) is 4.15. The number of nitrogens with zero attached hydrogens (tertiary/aromatic N) is 1. The first kappa shape index (κ1) is 19.4. The molecule has 0 saturated carbocycles. The summed E-state index contributed by atoms with van der Waals surface area (Å²) in [7, 11) is -3.52. The summed E-state index contributed by atoms with van der Waals surface area (Å²) in [5.74, 6) is 0.569. The first-order valence-electron chi connectivity index (χ1n) is 8.81. The van der Waals surface area contributed by atoms with Crippen molar-refractivity contribution in [2.45, 2.75) is 36.6 Å². The number of fused-ring (bicyclic) bond motifs is 1. The SMILES string of the molecule is Cl.O=c1ccc2cc(S(=O)(=O)N3CCC(C4CCCN4)CC3)ccc2o1. The van der Waals surface area contributed by atoms with E-state index >= 15 is 0 Å². The Bertz CT molecular complexity index is 930. The summed E-state index contributed by atoms with van der Waals surface area (Å²) in [6.07, 6.45) is 4.22. The quantitative estimate of drug-likeness (QED) is 0.803. The molecule has 1 aromatic carbocycles. The van der Waals surface area contributed by atoms with Crippen LogP contribution in [0.25, 0.3) is 11.0 Å². The van der Waals surface area contributed by atoms with Gasteiger partial charge in [0.1, 0.15) is 5.58 Å². The van der Waals surface area contributed by atoms with Crippen LogP contribution in [-0.4, -0.2) is 38.4 Å². The zero-order chi connectivity index (χ0) is 17.4. The minimum atomic E-state index is -3.52. The molecule has 0 bridgehead atoms. The van der Waals surface area contributed by atoms with Crippen molar-refractivity contribution >= 4 is 33.4 Å². The molecule has 6 nitrogen and oxygen atoms in total. The normalized spacial score (nSPS) is 22.4. The number of sulfonamides is 1. The molecule has 3 heterocycles. The molecule has 142 valence electrons. The number of rotatable bonds is 3. The van der Waals surface area contributed by atoms with Gasteiger partial charge in [0.05, 0.1) is 4.90 Å². The monoisotopic (exact) mass is 398 g/mol. The van der Waals surface area contributed by atoms with Crippen LogP contribution in [-0.2, 0) is 10.0 Å². The summed E-state index contributed by atoms with van der Waals surface area (Å²) in [4.78, 5) is 11.5. The van der Waals surface area contributed by atoms with Crippen molar-refractivity contribution in [3.05, 3.63) is 40.8 Å². The highest BCUT2D eigenvalue weighted by Crippen LogP contribution is 2.29. The van der Waals surface area contributed by atoms with Crippen molar-refractivity contribution in [1.29, 1.82) is 0 Å². The van der Waals surface area contributed by atoms with E-state index in [2.05, 4.69) is 5.32 Å². The highest BCUT2D eigenvalue weighted by atomic mass is 35.5. The predicted octanol–water partition coefficient (Wildman–Crippen LogP) is 2.37. The molecule has 8 heteroatoms. The molecular formula is C18H23ClN2O4S. The number of halogens is 1. The topological polar surface area (TPSA) is 79.6 Å². The average molecular weight is 399 g/mol. The highest BCUT2D eigenvalue weighted by Gasteiger charge is 2.33. The maximum absolute atomic E-state index is 12.9. The molecule has 0 amide bonds. The Labute approximate surface area is 159 Å². The number of hydrogen-bond donors (Lipinski definition) is 1. The second-order valence-electron chi connectivity index (χ2n) is 6.90. The van der Waals surface area contributed by atoms with Crippen LogP contribution in [0.1, 0.15) is 25.7 Å². The molecule has 1 aromatic heterocycles. The van der Waals surface area contributed by atoms with E-state index < -0.39 is 15.6 Å². The minimum absolute atomic E-state index is 0. The van der Waals surface area contributed by atoms with Crippen LogP contribution in [0.5, 0.6) is 0 Å². The van der Waals surface area contributed by atoms with Gasteiger partial charge in [-0.3, -0.25) is 0 Å². The van der Waals surface area contributed by atoms with Gasteiger partial charge in [-0.25, -0.2) is 13.2 Å². The first-order chi connectivity index (χ1) is 12.0. The van der Waals surface area contributed by atoms with Crippen LogP contribution in [0.4, 0.5) is 0 Å². The summed E-state index contributed by atoms with van der Waals surface area (Å²) in [6, 6.07) is 8.10. The Kier molecular flexibility index (Phi) is 5.72. The number of benzene rings is 1. The first-order valence-corrected chi connectivity index (χ1v) is 10.3. The molecule has 2 saturated heterocycles. The number of piperidine rings is 1. The lowest BCUT2D eigenvalue weighted by Crippen LogP contribution is -2.43. The van der Waals surface area contributed by atoms with Gasteiger partial charge in [0, 0.05) is 30.6 Å². The van der Waals surface area contributed by atoms with Crippen molar-refractivity contribution in [3.63, 3.8) is 0 Å². The van der Waals surface area contributed by atoms with E-state index in [-0.39, 0.29) is 17.3 Å². The maximum Gasteiger partial charge on any atom is 0.336 e. The van der Waals surface area contributed by atoms with E-state index in [1.807, 2.05) is 0 Å².